The lowest BCUT2D eigenvalue weighted by atomic mass is 10.0. The van der Waals surface area contributed by atoms with Crippen molar-refractivity contribution in [3.8, 4) is 17.2 Å². The van der Waals surface area contributed by atoms with Gasteiger partial charge in [0.25, 0.3) is 5.91 Å². The summed E-state index contributed by atoms with van der Waals surface area (Å²) >= 11 is 0. The number of carboxylic acid groups (broad SMARTS) is 1. The van der Waals surface area contributed by atoms with Gasteiger partial charge in [0.1, 0.15) is 5.75 Å². The molecule has 0 aliphatic rings. The van der Waals surface area contributed by atoms with E-state index in [4.69, 9.17) is 14.2 Å². The zero-order valence-corrected chi connectivity index (χ0v) is 15.5. The highest BCUT2D eigenvalue weighted by Gasteiger charge is 2.18. The van der Waals surface area contributed by atoms with E-state index in [-0.39, 0.29) is 13.0 Å². The van der Waals surface area contributed by atoms with E-state index in [9.17, 15) is 14.7 Å². The molecule has 0 saturated carbocycles. The van der Waals surface area contributed by atoms with E-state index in [1.807, 2.05) is 25.1 Å². The quantitative estimate of drug-likeness (QED) is 0.714. The zero-order valence-electron chi connectivity index (χ0n) is 15.5. The van der Waals surface area contributed by atoms with Crippen LogP contribution in [0.4, 0.5) is 0 Å². The Morgan fingerprint density at radius 3 is 2.37 bits per heavy atom. The number of carbonyl (C=O) groups is 2. The highest BCUT2D eigenvalue weighted by molar-refractivity contribution is 5.79. The highest BCUT2D eigenvalue weighted by atomic mass is 16.5. The second-order valence-corrected chi connectivity index (χ2v) is 5.86. The van der Waals surface area contributed by atoms with Crippen LogP contribution in [0.15, 0.2) is 42.5 Å². The molecule has 0 heterocycles. The molecule has 27 heavy (non-hydrogen) atoms. The van der Waals surface area contributed by atoms with Gasteiger partial charge >= 0.3 is 0 Å². The van der Waals surface area contributed by atoms with Gasteiger partial charge in [0.15, 0.2) is 18.1 Å². The van der Waals surface area contributed by atoms with Crippen molar-refractivity contribution in [3.63, 3.8) is 0 Å². The van der Waals surface area contributed by atoms with Crippen molar-refractivity contribution in [2.75, 3.05) is 20.8 Å². The van der Waals surface area contributed by atoms with Gasteiger partial charge in [0.2, 0.25) is 0 Å². The van der Waals surface area contributed by atoms with E-state index in [1.54, 1.807) is 24.3 Å². The van der Waals surface area contributed by atoms with Crippen LogP contribution in [0, 0.1) is 6.92 Å². The van der Waals surface area contributed by atoms with Gasteiger partial charge in [-0.05, 0) is 36.2 Å². The molecule has 144 valence electrons. The number of aryl methyl sites for hydroxylation is 1. The predicted molar refractivity (Wildman–Crippen MR) is 96.7 cm³/mol. The third-order valence-electron chi connectivity index (χ3n) is 3.97. The zero-order chi connectivity index (χ0) is 19.8. The van der Waals surface area contributed by atoms with Crippen LogP contribution in [0.1, 0.15) is 23.6 Å². The Morgan fingerprint density at radius 2 is 1.74 bits per heavy atom. The van der Waals surface area contributed by atoms with Crippen molar-refractivity contribution in [3.05, 3.63) is 53.6 Å². The summed E-state index contributed by atoms with van der Waals surface area (Å²) in [6.07, 6.45) is -0.383. The first-order chi connectivity index (χ1) is 12.9. The monoisotopic (exact) mass is 372 g/mol. The molecule has 1 atom stereocenters. The van der Waals surface area contributed by atoms with Crippen LogP contribution in [-0.4, -0.2) is 32.7 Å². The predicted octanol–water partition coefficient (Wildman–Crippen LogP) is 1.39. The number of rotatable bonds is 9. The highest BCUT2D eigenvalue weighted by Crippen LogP contribution is 2.30. The van der Waals surface area contributed by atoms with Crippen LogP contribution >= 0.6 is 0 Å². The molecule has 0 aromatic heterocycles. The van der Waals surface area contributed by atoms with Crippen molar-refractivity contribution in [1.29, 1.82) is 0 Å². The molecule has 1 amide bonds. The number of hydrogen-bond donors (Lipinski definition) is 1. The third kappa shape index (κ3) is 5.64. The van der Waals surface area contributed by atoms with Crippen LogP contribution in [0.25, 0.3) is 0 Å². The van der Waals surface area contributed by atoms with Gasteiger partial charge in [0, 0.05) is 12.4 Å². The second kappa shape index (κ2) is 9.47. The maximum Gasteiger partial charge on any atom is 0.258 e. The van der Waals surface area contributed by atoms with Crippen molar-refractivity contribution < 1.29 is 28.9 Å². The molecule has 0 saturated heterocycles. The van der Waals surface area contributed by atoms with Gasteiger partial charge in [0.05, 0.1) is 20.3 Å². The summed E-state index contributed by atoms with van der Waals surface area (Å²) in [6, 6.07) is 11.4. The lowest BCUT2D eigenvalue weighted by Gasteiger charge is -2.21. The molecular formula is C20H22NO6-. The standard InChI is InChI=1S/C20H23NO6/c1-13-6-4-5-7-16(13)27-12-19(22)21-15(11-20(23)24)14-8-9-17(25-2)18(10-14)26-3/h4-10,15H,11-12H2,1-3H3,(H,21,22)(H,23,24)/p-1/t15-/m1/s1. The van der Waals surface area contributed by atoms with Crippen molar-refractivity contribution >= 4 is 11.9 Å². The first-order valence-corrected chi connectivity index (χ1v) is 8.34. The summed E-state index contributed by atoms with van der Waals surface area (Å²) in [4.78, 5) is 23.4. The molecule has 2 aromatic carbocycles. The van der Waals surface area contributed by atoms with Crippen molar-refractivity contribution in [2.24, 2.45) is 0 Å². The van der Waals surface area contributed by atoms with Gasteiger partial charge in [-0.1, -0.05) is 24.3 Å². The lowest BCUT2D eigenvalue weighted by Crippen LogP contribution is -2.36. The number of para-hydroxylation sites is 1. The van der Waals surface area contributed by atoms with Gasteiger partial charge in [-0.25, -0.2) is 0 Å². The Bertz CT molecular complexity index is 805. The van der Waals surface area contributed by atoms with Crippen LogP contribution in [0.5, 0.6) is 17.2 Å². The summed E-state index contributed by atoms with van der Waals surface area (Å²) < 4.78 is 15.9. The summed E-state index contributed by atoms with van der Waals surface area (Å²) in [5.74, 6) is -0.198. The van der Waals surface area contributed by atoms with Crippen LogP contribution in [0.2, 0.25) is 0 Å². The number of ether oxygens (including phenoxy) is 3. The minimum absolute atomic E-state index is 0.234. The normalized spacial score (nSPS) is 11.4. The molecule has 0 unspecified atom stereocenters. The van der Waals surface area contributed by atoms with Gasteiger partial charge in [-0.3, -0.25) is 4.79 Å². The number of benzene rings is 2. The molecule has 7 nitrogen and oxygen atoms in total. The number of methoxy groups -OCH3 is 2. The minimum atomic E-state index is -1.28. The van der Waals surface area contributed by atoms with Crippen molar-refractivity contribution in [2.45, 2.75) is 19.4 Å². The fourth-order valence-electron chi connectivity index (χ4n) is 2.59. The maximum atomic E-state index is 12.3. The second-order valence-electron chi connectivity index (χ2n) is 5.86. The molecule has 7 heteroatoms. The Kier molecular flexibility index (Phi) is 7.05. The molecule has 0 bridgehead atoms. The van der Waals surface area contributed by atoms with Gasteiger partial charge in [-0.15, -0.1) is 0 Å². The van der Waals surface area contributed by atoms with E-state index < -0.39 is 17.9 Å². The largest absolute Gasteiger partial charge is 0.550 e. The third-order valence-corrected chi connectivity index (χ3v) is 3.97. The Labute approximate surface area is 157 Å². The Morgan fingerprint density at radius 1 is 1.04 bits per heavy atom. The summed E-state index contributed by atoms with van der Waals surface area (Å²) in [7, 11) is 2.98. The number of amides is 1. The minimum Gasteiger partial charge on any atom is -0.550 e. The van der Waals surface area contributed by atoms with Crippen LogP contribution in [-0.2, 0) is 9.59 Å². The average molecular weight is 372 g/mol. The first-order valence-electron chi connectivity index (χ1n) is 8.34. The average Bonchev–Trinajstić information content (AvgIpc) is 2.66. The van der Waals surface area contributed by atoms with Gasteiger partial charge in [-0.2, -0.15) is 0 Å². The molecule has 0 aliphatic carbocycles. The van der Waals surface area contributed by atoms with E-state index in [1.165, 1.54) is 14.2 Å². The van der Waals surface area contributed by atoms with Crippen molar-refractivity contribution in [1.82, 2.24) is 5.32 Å². The van der Waals surface area contributed by atoms with Crippen LogP contribution in [0.3, 0.4) is 0 Å². The molecule has 0 fully saturated rings. The molecular weight excluding hydrogens is 350 g/mol. The Balaban J connectivity index is 2.11. The molecule has 1 N–H and O–H groups in total. The number of hydrogen-bond acceptors (Lipinski definition) is 6. The van der Waals surface area contributed by atoms with E-state index in [0.717, 1.165) is 5.56 Å². The van der Waals surface area contributed by atoms with E-state index >= 15 is 0 Å². The molecule has 0 spiro atoms. The molecule has 2 aromatic rings. The van der Waals surface area contributed by atoms with E-state index in [2.05, 4.69) is 5.32 Å². The van der Waals surface area contributed by atoms with Crippen LogP contribution < -0.4 is 24.6 Å². The lowest BCUT2D eigenvalue weighted by molar-refractivity contribution is -0.306. The fourth-order valence-corrected chi connectivity index (χ4v) is 2.59. The Hall–Kier alpha value is -3.22. The fraction of sp³-hybridized carbons (Fsp3) is 0.300. The number of carboxylic acids is 1. The summed E-state index contributed by atoms with van der Waals surface area (Å²) in [6.45, 7) is 1.64. The summed E-state index contributed by atoms with van der Waals surface area (Å²) in [5, 5.41) is 13.8. The number of aliphatic carboxylic acids is 1. The first kappa shape index (κ1) is 20.1. The van der Waals surface area contributed by atoms with E-state index in [0.29, 0.717) is 22.8 Å². The molecule has 0 aliphatic heterocycles. The van der Waals surface area contributed by atoms with Gasteiger partial charge < -0.3 is 29.4 Å². The number of nitrogens with one attached hydrogen (secondary N) is 1. The molecule has 0 radical (unpaired) electrons. The maximum absolute atomic E-state index is 12.3. The smallest absolute Gasteiger partial charge is 0.258 e. The SMILES string of the molecule is COc1ccc([C@@H](CC(=O)[O-])NC(=O)COc2ccccc2C)cc1OC. The molecule has 2 rings (SSSR count). The summed E-state index contributed by atoms with van der Waals surface area (Å²) in [5.41, 5.74) is 1.46. The number of carbonyl (C=O) groups excluding carboxylic acids is 2. The topological polar surface area (TPSA) is 96.9 Å².